The van der Waals surface area contributed by atoms with Gasteiger partial charge in [-0.3, -0.25) is 59.0 Å². The molecule has 1 unspecified atom stereocenters. The van der Waals surface area contributed by atoms with E-state index >= 15 is 0 Å². The Kier molecular flexibility index (Phi) is 16.8. The first-order valence-corrected chi connectivity index (χ1v) is 16.2. The molecule has 0 aromatic carbocycles. The Balaban J connectivity index is 0.000000978. The number of halogens is 1. The minimum atomic E-state index is -2.42. The summed E-state index contributed by atoms with van der Waals surface area (Å²) in [5, 5.41) is 53.8. The third kappa shape index (κ3) is 12.1. The lowest BCUT2D eigenvalue weighted by Gasteiger charge is -2.36. The molecule has 2 heterocycles. The average Bonchev–Trinajstić information content (AvgIpc) is 2.89. The highest BCUT2D eigenvalue weighted by Gasteiger charge is 2.68. The molecule has 28 heteroatoms. The highest BCUT2D eigenvalue weighted by molar-refractivity contribution is 8.00. The molecule has 50 heavy (non-hydrogen) atoms. The zero-order valence-electron chi connectivity index (χ0n) is 26.8. The van der Waals surface area contributed by atoms with Gasteiger partial charge in [-0.15, -0.1) is 24.2 Å². The third-order valence-electron chi connectivity index (χ3n) is 6.49. The predicted molar refractivity (Wildman–Crippen MR) is 170 cm³/mol. The van der Waals surface area contributed by atoms with Gasteiger partial charge in [-0.05, 0) is 20.8 Å². The van der Waals surface area contributed by atoms with Crippen LogP contribution >= 0.6 is 24.2 Å². The summed E-state index contributed by atoms with van der Waals surface area (Å²) in [6.07, 6.45) is -0.834. The van der Waals surface area contributed by atoms with Crippen LogP contribution in [0.5, 0.6) is 0 Å². The molecule has 2 aliphatic rings. The molecule has 0 aromatic rings. The number of nitrogens with one attached hydrogen (secondary N) is 1. The molecule has 284 valence electrons. The van der Waals surface area contributed by atoms with Crippen LogP contribution in [0.4, 0.5) is 4.79 Å². The number of carboxylic acids is 1. The normalized spacial score (nSPS) is 17.2. The standard InChI is InChI=1S/C14H22N4O9S.C8H12N4O8S.ClH/c1-13(2,3)27-12(21)15-9(11(20)26-4)5-28-6-10(19)16-7-14(8-16,17(22)23)18(24)25;9-5(7(14)15)1-21(20)2-6(13)10-3-8(4-10,11(16)17)12(18)19;/h9H,5-8H2,1-4H3,(H,15,21);5H,1-4,9H2,(H,14,15);1H/t9-;5-,21?;/m00./s1. The zero-order valence-corrected chi connectivity index (χ0v) is 29.2. The van der Waals surface area contributed by atoms with Gasteiger partial charge >= 0.3 is 29.4 Å². The number of carbonyl (C=O) groups is 5. The van der Waals surface area contributed by atoms with Gasteiger partial charge in [-0.25, -0.2) is 9.59 Å². The van der Waals surface area contributed by atoms with Crippen molar-refractivity contribution in [1.82, 2.24) is 15.1 Å². The molecule has 2 fully saturated rings. The van der Waals surface area contributed by atoms with Crippen molar-refractivity contribution >= 4 is 64.8 Å². The number of alkyl carbamates (subject to hydrolysis) is 1. The number of likely N-dealkylation sites (tertiary alicyclic amines) is 2. The zero-order chi connectivity index (χ0) is 38.1. The van der Waals surface area contributed by atoms with E-state index in [1.165, 1.54) is 0 Å². The van der Waals surface area contributed by atoms with Gasteiger partial charge in [-0.1, -0.05) is 0 Å². The Morgan fingerprint density at radius 3 is 1.70 bits per heavy atom. The Hall–Kier alpha value is -4.50. The SMILES string of the molecule is COC(=O)[C@H](CSCC(=O)N1CC([N+](=O)[O-])([N+](=O)[O-])C1)NC(=O)OC(C)(C)C.Cl.N[C@@H](CS(=O)CC(=O)N1CC([N+](=O)[O-])([N+](=O)[O-])C1)C(=O)O. The van der Waals surface area contributed by atoms with Gasteiger partial charge in [0.1, 0.15) is 43.1 Å². The quantitative estimate of drug-likeness (QED) is 0.0671. The smallest absolute Gasteiger partial charge is 0.480 e. The van der Waals surface area contributed by atoms with Gasteiger partial charge in [0.05, 0.1) is 12.9 Å². The van der Waals surface area contributed by atoms with Crippen molar-refractivity contribution in [3.05, 3.63) is 40.5 Å². The highest BCUT2D eigenvalue weighted by Crippen LogP contribution is 2.26. The second-order valence-corrected chi connectivity index (χ2v) is 14.0. The lowest BCUT2D eigenvalue weighted by molar-refractivity contribution is -0.809. The van der Waals surface area contributed by atoms with E-state index in [2.05, 4.69) is 10.1 Å². The van der Waals surface area contributed by atoms with Gasteiger partial charge in [0.25, 0.3) is 0 Å². The van der Waals surface area contributed by atoms with Crippen LogP contribution in [0.25, 0.3) is 0 Å². The molecule has 3 amide bonds. The molecule has 25 nitrogen and oxygen atoms in total. The molecule has 0 radical (unpaired) electrons. The van der Waals surface area contributed by atoms with Crippen LogP contribution in [0.1, 0.15) is 20.8 Å². The molecular weight excluding hydrogens is 748 g/mol. The number of esters is 1. The summed E-state index contributed by atoms with van der Waals surface area (Å²) in [5.41, 5.74) is -0.420. The fraction of sp³-hybridized carbons (Fsp3) is 0.773. The Bertz CT molecular complexity index is 1350. The van der Waals surface area contributed by atoms with Crippen molar-refractivity contribution in [3.8, 4) is 0 Å². The van der Waals surface area contributed by atoms with E-state index in [0.717, 1.165) is 28.7 Å². The number of methoxy groups -OCH3 is 1. The van der Waals surface area contributed by atoms with Gasteiger partial charge in [-0.2, -0.15) is 0 Å². The molecule has 0 bridgehead atoms. The van der Waals surface area contributed by atoms with E-state index in [0.29, 0.717) is 0 Å². The molecule has 0 spiro atoms. The van der Waals surface area contributed by atoms with Gasteiger partial charge in [0, 0.05) is 22.3 Å². The molecule has 0 aliphatic carbocycles. The second kappa shape index (κ2) is 18.5. The van der Waals surface area contributed by atoms with Crippen LogP contribution in [0, 0.1) is 40.5 Å². The number of thioether (sulfide) groups is 1. The van der Waals surface area contributed by atoms with E-state index in [1.807, 2.05) is 0 Å². The van der Waals surface area contributed by atoms with Crippen molar-refractivity contribution in [2.75, 3.05) is 56.3 Å². The number of carboxylic acid groups (broad SMARTS) is 1. The summed E-state index contributed by atoms with van der Waals surface area (Å²) in [7, 11) is -0.736. The number of nitrogens with two attached hydrogens (primary N) is 1. The number of amides is 3. The summed E-state index contributed by atoms with van der Waals surface area (Å²) >= 11 is 0.966. The maximum Gasteiger partial charge on any atom is 0.492 e. The topological polar surface area (TPSA) is 358 Å². The number of ether oxygens (including phenoxy) is 2. The van der Waals surface area contributed by atoms with Crippen LogP contribution in [0.3, 0.4) is 0 Å². The van der Waals surface area contributed by atoms with Gasteiger partial charge in [0.15, 0.2) is 26.2 Å². The summed E-state index contributed by atoms with van der Waals surface area (Å²) in [6.45, 7) is 2.27. The largest absolute Gasteiger partial charge is 0.492 e. The minimum absolute atomic E-state index is 0. The van der Waals surface area contributed by atoms with Crippen molar-refractivity contribution in [2.24, 2.45) is 5.73 Å². The second-order valence-electron chi connectivity index (χ2n) is 11.4. The first-order valence-electron chi connectivity index (χ1n) is 13.5. The van der Waals surface area contributed by atoms with E-state index < -0.39 is 127 Å². The number of hydrogen-bond donors (Lipinski definition) is 3. The van der Waals surface area contributed by atoms with Crippen LogP contribution in [-0.4, -0.2) is 154 Å². The summed E-state index contributed by atoms with van der Waals surface area (Å²) in [4.78, 5) is 98.3. The number of nitrogens with zero attached hydrogens (tertiary/aromatic N) is 6. The molecule has 2 aliphatic heterocycles. The lowest BCUT2D eigenvalue weighted by atomic mass is 10.0. The summed E-state index contributed by atoms with van der Waals surface area (Å²) in [6, 6.07) is -2.47. The average molecular weight is 783 g/mol. The molecule has 4 N–H and O–H groups in total. The molecule has 3 atom stereocenters. The minimum Gasteiger partial charge on any atom is -0.480 e. The van der Waals surface area contributed by atoms with E-state index in [1.54, 1.807) is 20.8 Å². The lowest BCUT2D eigenvalue weighted by Crippen LogP contribution is -2.71. The van der Waals surface area contributed by atoms with Crippen molar-refractivity contribution in [3.63, 3.8) is 0 Å². The van der Waals surface area contributed by atoms with Crippen LogP contribution in [0.2, 0.25) is 0 Å². The van der Waals surface area contributed by atoms with Crippen molar-refractivity contribution in [1.29, 1.82) is 0 Å². The van der Waals surface area contributed by atoms with E-state index in [4.69, 9.17) is 15.6 Å². The van der Waals surface area contributed by atoms with E-state index in [-0.39, 0.29) is 23.9 Å². The Labute approximate surface area is 294 Å². The first kappa shape index (κ1) is 45.5. The highest BCUT2D eigenvalue weighted by atomic mass is 35.5. The van der Waals surface area contributed by atoms with Gasteiger partial charge in [0.2, 0.25) is 11.8 Å². The molecule has 2 rings (SSSR count). The fourth-order valence-electron chi connectivity index (χ4n) is 3.75. The number of hydrogen-bond acceptors (Lipinski definition) is 18. The maximum atomic E-state index is 12.0. The Morgan fingerprint density at radius 1 is 0.920 bits per heavy atom. The third-order valence-corrected chi connectivity index (χ3v) is 8.81. The number of aliphatic carboxylic acids is 1. The van der Waals surface area contributed by atoms with Crippen LogP contribution in [0.15, 0.2) is 0 Å². The van der Waals surface area contributed by atoms with E-state index in [9.17, 15) is 68.6 Å². The molecule has 2 saturated heterocycles. The van der Waals surface area contributed by atoms with Crippen molar-refractivity contribution in [2.45, 2.75) is 49.8 Å². The first-order chi connectivity index (χ1) is 22.4. The van der Waals surface area contributed by atoms with Crippen molar-refractivity contribution < 1.29 is 62.5 Å². The molecule has 0 aromatic heterocycles. The fourth-order valence-corrected chi connectivity index (χ4v) is 5.80. The summed E-state index contributed by atoms with van der Waals surface area (Å²) in [5.74, 6) is -4.71. The summed E-state index contributed by atoms with van der Waals surface area (Å²) < 4.78 is 21.1. The molecular formula is C22H35ClN8O17S2. The number of nitro groups is 4. The monoisotopic (exact) mass is 782 g/mol. The Morgan fingerprint density at radius 2 is 1.34 bits per heavy atom. The predicted octanol–water partition coefficient (Wildman–Crippen LogP) is -2.46. The number of rotatable bonds is 15. The van der Waals surface area contributed by atoms with Crippen LogP contribution < -0.4 is 11.1 Å². The molecule has 0 saturated carbocycles. The maximum absolute atomic E-state index is 12.0. The van der Waals surface area contributed by atoms with Gasteiger partial charge < -0.3 is 35.4 Å². The van der Waals surface area contributed by atoms with Crippen LogP contribution in [-0.2, 0) is 39.5 Å². The number of carbonyl (C=O) groups excluding carboxylic acids is 4.